The van der Waals surface area contributed by atoms with Crippen LogP contribution in [0.5, 0.6) is 0 Å². The molecule has 0 radical (unpaired) electrons. The molecule has 0 unspecified atom stereocenters. The van der Waals surface area contributed by atoms with Crippen LogP contribution in [0.2, 0.25) is 0 Å². The third-order valence-corrected chi connectivity index (χ3v) is 11.3. The number of rotatable bonds is 7. The number of hydrogen-bond acceptors (Lipinski definition) is 9. The van der Waals surface area contributed by atoms with Crippen molar-refractivity contribution in [2.24, 2.45) is 0 Å². The van der Waals surface area contributed by atoms with Crippen molar-refractivity contribution >= 4 is 33.1 Å². The van der Waals surface area contributed by atoms with Gasteiger partial charge in [-0.25, -0.2) is 23.2 Å². The van der Waals surface area contributed by atoms with E-state index in [-0.39, 0.29) is 17.3 Å². The number of anilines is 3. The van der Waals surface area contributed by atoms with Crippen molar-refractivity contribution in [2.45, 2.75) is 55.6 Å². The Morgan fingerprint density at radius 2 is 1.88 bits per heavy atom. The summed E-state index contributed by atoms with van der Waals surface area (Å²) < 4.78 is 32.6. The molecule has 2 aromatic heterocycles. The van der Waals surface area contributed by atoms with E-state index in [0.29, 0.717) is 87.2 Å². The quantitative estimate of drug-likeness (QED) is 0.330. The van der Waals surface area contributed by atoms with Gasteiger partial charge in [0.1, 0.15) is 10.6 Å². The lowest BCUT2D eigenvalue weighted by Crippen LogP contribution is -2.48. The van der Waals surface area contributed by atoms with E-state index in [4.69, 9.17) is 14.7 Å². The molecule has 2 aliphatic heterocycles. The highest BCUT2D eigenvalue weighted by atomic mass is 32.2. The number of H-pyrrole nitrogens is 1. The first-order valence-corrected chi connectivity index (χ1v) is 15.7. The minimum Gasteiger partial charge on any atom is -0.377 e. The molecule has 6 rings (SSSR count). The molecule has 3 fully saturated rings. The minimum absolute atomic E-state index is 0.0901. The van der Waals surface area contributed by atoms with E-state index in [1.807, 2.05) is 25.1 Å². The van der Waals surface area contributed by atoms with Gasteiger partial charge in [0.15, 0.2) is 15.7 Å². The average Bonchev–Trinajstić information content (AvgIpc) is 3.77. The van der Waals surface area contributed by atoms with Gasteiger partial charge in [0, 0.05) is 23.9 Å². The predicted molar refractivity (Wildman–Crippen MR) is 157 cm³/mol. The van der Waals surface area contributed by atoms with Crippen molar-refractivity contribution in [3.63, 3.8) is 0 Å². The van der Waals surface area contributed by atoms with Gasteiger partial charge in [-0.2, -0.15) is 5.10 Å². The van der Waals surface area contributed by atoms with Crippen molar-refractivity contribution in [1.82, 2.24) is 25.5 Å². The van der Waals surface area contributed by atoms with Crippen LogP contribution in [0.4, 0.5) is 22.0 Å². The number of aromatic amines is 1. The summed E-state index contributed by atoms with van der Waals surface area (Å²) in [5.41, 5.74) is 3.26. The fraction of sp³-hybridized carbons (Fsp3) is 0.500. The van der Waals surface area contributed by atoms with E-state index in [9.17, 15) is 13.2 Å². The van der Waals surface area contributed by atoms with E-state index in [2.05, 4.69) is 38.0 Å². The fourth-order valence-corrected chi connectivity index (χ4v) is 8.25. The van der Waals surface area contributed by atoms with E-state index in [1.165, 1.54) is 0 Å². The summed E-state index contributed by atoms with van der Waals surface area (Å²) in [7, 11) is -3.44. The number of carbonyl (C=O) groups excluding carboxylic acids is 1. The highest BCUT2D eigenvalue weighted by Crippen LogP contribution is 2.47. The maximum Gasteiger partial charge on any atom is 0.323 e. The number of nitrogens with zero attached hydrogens (tertiary/aromatic N) is 4. The van der Waals surface area contributed by atoms with Gasteiger partial charge in [0.05, 0.1) is 47.8 Å². The summed E-state index contributed by atoms with van der Waals surface area (Å²) in [5.74, 6) is 1.17. The Morgan fingerprint density at radius 1 is 1.12 bits per heavy atom. The van der Waals surface area contributed by atoms with Crippen LogP contribution >= 0.6 is 0 Å². The molecule has 2 saturated heterocycles. The van der Waals surface area contributed by atoms with Gasteiger partial charge in [-0.15, -0.1) is 0 Å². The molecule has 1 aliphatic carbocycles. The molecule has 0 spiro atoms. The zero-order valence-electron chi connectivity index (χ0n) is 23.3. The van der Waals surface area contributed by atoms with Crippen LogP contribution < -0.4 is 20.9 Å². The summed E-state index contributed by atoms with van der Waals surface area (Å²) in [6, 6.07) is 8.85. The topological polar surface area (TPSA) is 154 Å². The maximum absolute atomic E-state index is 14.0. The summed E-state index contributed by atoms with van der Waals surface area (Å²) in [5, 5.41) is 15.3. The SMILES string of the molecule is Cc1[nH]ncc1NC(=O)Nc1ccc(-c2nc(N3CCOC[C@@H]3C)cc(C3(S(=O)(=O)C4CC4)CCNCC3)n2)cc1. The molecule has 13 heteroatoms. The number of sulfone groups is 1. The largest absolute Gasteiger partial charge is 0.377 e. The van der Waals surface area contributed by atoms with Crippen LogP contribution in [-0.2, 0) is 19.3 Å². The Kier molecular flexibility index (Phi) is 7.43. The number of urea groups is 1. The number of benzene rings is 1. The van der Waals surface area contributed by atoms with E-state index < -0.39 is 14.6 Å². The lowest BCUT2D eigenvalue weighted by Gasteiger charge is -2.38. The van der Waals surface area contributed by atoms with Crippen molar-refractivity contribution in [3.05, 3.63) is 47.9 Å². The molecular weight excluding hydrogens is 544 g/mol. The lowest BCUT2D eigenvalue weighted by atomic mass is 9.92. The molecule has 3 aliphatic rings. The molecule has 0 bridgehead atoms. The maximum atomic E-state index is 14.0. The van der Waals surface area contributed by atoms with Crippen LogP contribution in [0.25, 0.3) is 11.4 Å². The van der Waals surface area contributed by atoms with Crippen LogP contribution in [0.3, 0.4) is 0 Å². The summed E-state index contributed by atoms with van der Waals surface area (Å²) in [6.45, 7) is 6.96. The smallest absolute Gasteiger partial charge is 0.323 e. The third kappa shape index (κ3) is 5.41. The Bertz CT molecular complexity index is 1510. The molecule has 4 heterocycles. The average molecular weight is 581 g/mol. The summed E-state index contributed by atoms with van der Waals surface area (Å²) >= 11 is 0. The number of morpholine rings is 1. The van der Waals surface area contributed by atoms with Crippen molar-refractivity contribution in [3.8, 4) is 11.4 Å². The molecule has 41 heavy (non-hydrogen) atoms. The monoisotopic (exact) mass is 580 g/mol. The molecular formula is C28H36N8O4S. The number of nitrogens with one attached hydrogen (secondary N) is 4. The molecule has 4 N–H and O–H groups in total. The van der Waals surface area contributed by atoms with Crippen molar-refractivity contribution < 1.29 is 17.9 Å². The second-order valence-electron chi connectivity index (χ2n) is 11.1. The molecule has 12 nitrogen and oxygen atoms in total. The van der Waals surface area contributed by atoms with Gasteiger partial charge in [-0.3, -0.25) is 5.10 Å². The van der Waals surface area contributed by atoms with Gasteiger partial charge >= 0.3 is 6.03 Å². The highest BCUT2D eigenvalue weighted by Gasteiger charge is 2.54. The minimum atomic E-state index is -3.44. The van der Waals surface area contributed by atoms with Crippen LogP contribution in [0.15, 0.2) is 36.5 Å². The standard InChI is InChI=1S/C28H36N8O4S/c1-18-17-40-14-13-36(18)25-15-24(28(9-11-29-12-10-28)41(38,39)22-7-8-22)33-26(34-25)20-3-5-21(6-4-20)31-27(37)32-23-16-30-35-19(23)2/h3-6,15-16,18,22,29H,7-14,17H2,1-2H3,(H,30,35)(H2,31,32,37)/t18-/m0/s1. The van der Waals surface area contributed by atoms with Crippen LogP contribution in [-0.4, -0.2) is 78.8 Å². The fourth-order valence-electron chi connectivity index (χ4n) is 5.69. The Morgan fingerprint density at radius 3 is 2.54 bits per heavy atom. The molecule has 2 amide bonds. The Labute approximate surface area is 239 Å². The van der Waals surface area contributed by atoms with E-state index in [0.717, 1.165) is 11.3 Å². The molecule has 1 aromatic carbocycles. The second kappa shape index (κ2) is 11.0. The summed E-state index contributed by atoms with van der Waals surface area (Å²) in [4.78, 5) is 24.6. The first-order chi connectivity index (χ1) is 19.8. The molecule has 3 aromatic rings. The van der Waals surface area contributed by atoms with Gasteiger partial charge in [0.25, 0.3) is 0 Å². The second-order valence-corrected chi connectivity index (χ2v) is 13.6. The first-order valence-electron chi connectivity index (χ1n) is 14.1. The number of ether oxygens (including phenoxy) is 1. The Hall–Kier alpha value is -3.55. The van der Waals surface area contributed by atoms with Gasteiger partial charge < -0.3 is 25.6 Å². The lowest BCUT2D eigenvalue weighted by molar-refractivity contribution is 0.0985. The van der Waals surface area contributed by atoms with Crippen molar-refractivity contribution in [2.75, 3.05) is 48.4 Å². The number of piperidine rings is 1. The normalized spacial score (nSPS) is 20.9. The van der Waals surface area contributed by atoms with Crippen LogP contribution in [0.1, 0.15) is 44.0 Å². The third-order valence-electron chi connectivity index (χ3n) is 8.24. The first kappa shape index (κ1) is 27.6. The highest BCUT2D eigenvalue weighted by molar-refractivity contribution is 7.93. The Balaban J connectivity index is 1.35. The number of amides is 2. The number of aromatic nitrogens is 4. The number of hydrogen-bond donors (Lipinski definition) is 4. The zero-order valence-corrected chi connectivity index (χ0v) is 24.1. The van der Waals surface area contributed by atoms with E-state index in [1.54, 1.807) is 18.3 Å². The van der Waals surface area contributed by atoms with E-state index >= 15 is 0 Å². The van der Waals surface area contributed by atoms with Gasteiger partial charge in [-0.1, -0.05) is 0 Å². The van der Waals surface area contributed by atoms with Gasteiger partial charge in [0.2, 0.25) is 0 Å². The predicted octanol–water partition coefficient (Wildman–Crippen LogP) is 3.20. The van der Waals surface area contributed by atoms with Crippen LogP contribution in [0, 0.1) is 6.92 Å². The molecule has 218 valence electrons. The molecule has 1 saturated carbocycles. The number of aryl methyl sites for hydroxylation is 1. The number of carbonyl (C=O) groups is 1. The van der Waals surface area contributed by atoms with Crippen molar-refractivity contribution in [1.29, 1.82) is 0 Å². The zero-order chi connectivity index (χ0) is 28.6. The summed E-state index contributed by atoms with van der Waals surface area (Å²) in [6.07, 6.45) is 3.94. The molecule has 1 atom stereocenters. The van der Waals surface area contributed by atoms with Gasteiger partial charge in [-0.05, 0) is 76.9 Å².